The molecule has 0 fully saturated rings. The second-order valence-corrected chi connectivity index (χ2v) is 2.77. The van der Waals surface area contributed by atoms with Crippen LogP contribution >= 0.6 is 0 Å². The zero-order valence-electron chi connectivity index (χ0n) is 8.00. The maximum Gasteiger partial charge on any atom is 0.237 e. The van der Waals surface area contributed by atoms with Gasteiger partial charge >= 0.3 is 0 Å². The summed E-state index contributed by atoms with van der Waals surface area (Å²) in [7, 11) is 0. The Labute approximate surface area is 74.0 Å². The molecule has 0 saturated heterocycles. The minimum atomic E-state index is -0.0608. The molecule has 1 atom stereocenters. The molecule has 0 aromatic carbocycles. The van der Waals surface area contributed by atoms with Gasteiger partial charge in [-0.05, 0) is 20.3 Å². The van der Waals surface area contributed by atoms with Crippen molar-refractivity contribution in [3.05, 3.63) is 0 Å². The molecule has 1 unspecified atom stereocenters. The molecule has 0 aliphatic carbocycles. The molecule has 0 aromatic heterocycles. The minimum absolute atomic E-state index is 0.00181. The maximum absolute atomic E-state index is 11.3. The molecule has 12 heavy (non-hydrogen) atoms. The lowest BCUT2D eigenvalue weighted by Gasteiger charge is -2.26. The fourth-order valence-electron chi connectivity index (χ4n) is 1.12. The van der Waals surface area contributed by atoms with Crippen molar-refractivity contribution in [2.24, 2.45) is 0 Å². The van der Waals surface area contributed by atoms with Crippen LogP contribution in [0.3, 0.4) is 0 Å². The topological polar surface area (TPSA) is 44.1 Å². The Balaban J connectivity index is 4.15. The van der Waals surface area contributed by atoms with Gasteiger partial charge in [0, 0.05) is 12.6 Å². The van der Waals surface area contributed by atoms with E-state index in [1.807, 2.05) is 26.8 Å². The highest BCUT2D eigenvalue weighted by Gasteiger charge is 2.15. The van der Waals surface area contributed by atoms with Crippen LogP contribution in [0.1, 0.15) is 33.6 Å². The molecule has 0 aliphatic rings. The molecule has 0 spiro atoms. The van der Waals surface area contributed by atoms with Gasteiger partial charge in [0.15, 0.2) is 0 Å². The molecule has 0 aliphatic heterocycles. The molecule has 1 amide bonds. The number of nitriles is 1. The number of carbonyl (C=O) groups is 1. The molecule has 0 N–H and O–H groups in total. The van der Waals surface area contributed by atoms with E-state index in [0.29, 0.717) is 6.54 Å². The Morgan fingerprint density at radius 2 is 2.17 bits per heavy atom. The van der Waals surface area contributed by atoms with Crippen molar-refractivity contribution in [1.82, 2.24) is 4.90 Å². The van der Waals surface area contributed by atoms with Gasteiger partial charge in [-0.1, -0.05) is 6.92 Å². The number of hydrogen-bond acceptors (Lipinski definition) is 2. The van der Waals surface area contributed by atoms with Gasteiger partial charge in [0.1, 0.15) is 6.42 Å². The number of carbonyl (C=O) groups excluding carboxylic acids is 1. The second-order valence-electron chi connectivity index (χ2n) is 2.77. The fraction of sp³-hybridized carbons (Fsp3) is 0.778. The molecule has 0 rings (SSSR count). The molecule has 0 radical (unpaired) electrons. The lowest BCUT2D eigenvalue weighted by molar-refractivity contribution is -0.131. The molecule has 0 aromatic rings. The Kier molecular flexibility index (Phi) is 5.11. The van der Waals surface area contributed by atoms with Gasteiger partial charge in [0.25, 0.3) is 0 Å². The Bertz CT molecular complexity index is 183. The van der Waals surface area contributed by atoms with Crippen LogP contribution in [0.25, 0.3) is 0 Å². The quantitative estimate of drug-likeness (QED) is 0.639. The van der Waals surface area contributed by atoms with E-state index < -0.39 is 0 Å². The van der Waals surface area contributed by atoms with Gasteiger partial charge in [-0.2, -0.15) is 5.26 Å². The monoisotopic (exact) mass is 168 g/mol. The predicted molar refractivity (Wildman–Crippen MR) is 47.4 cm³/mol. The summed E-state index contributed by atoms with van der Waals surface area (Å²) in [5.74, 6) is -0.0608. The number of nitrogens with zero attached hydrogens (tertiary/aromatic N) is 2. The highest BCUT2D eigenvalue weighted by molar-refractivity contribution is 5.78. The first-order valence-electron chi connectivity index (χ1n) is 4.33. The van der Waals surface area contributed by atoms with Crippen LogP contribution in [0.4, 0.5) is 0 Å². The van der Waals surface area contributed by atoms with Gasteiger partial charge in [-0.15, -0.1) is 0 Å². The minimum Gasteiger partial charge on any atom is -0.339 e. The Morgan fingerprint density at radius 1 is 1.58 bits per heavy atom. The van der Waals surface area contributed by atoms with Crippen LogP contribution < -0.4 is 0 Å². The summed E-state index contributed by atoms with van der Waals surface area (Å²) in [4.78, 5) is 13.0. The van der Waals surface area contributed by atoms with E-state index in [4.69, 9.17) is 5.26 Å². The zero-order valence-corrected chi connectivity index (χ0v) is 8.00. The summed E-state index contributed by atoms with van der Waals surface area (Å²) >= 11 is 0. The first-order chi connectivity index (χ1) is 5.67. The summed E-state index contributed by atoms with van der Waals surface area (Å²) in [5.41, 5.74) is 0. The second kappa shape index (κ2) is 5.59. The summed E-state index contributed by atoms with van der Waals surface area (Å²) in [5, 5.41) is 8.34. The number of amides is 1. The van der Waals surface area contributed by atoms with Crippen molar-refractivity contribution in [1.29, 1.82) is 5.26 Å². The Morgan fingerprint density at radius 3 is 2.50 bits per heavy atom. The summed E-state index contributed by atoms with van der Waals surface area (Å²) in [6, 6.07) is 2.12. The van der Waals surface area contributed by atoms with Crippen LogP contribution in [0.15, 0.2) is 0 Å². The van der Waals surface area contributed by atoms with Crippen LogP contribution in [0.5, 0.6) is 0 Å². The molecule has 3 heteroatoms. The predicted octanol–water partition coefficient (Wildman–Crippen LogP) is 1.55. The molecular weight excluding hydrogens is 152 g/mol. The van der Waals surface area contributed by atoms with Crippen LogP contribution in [0.2, 0.25) is 0 Å². The van der Waals surface area contributed by atoms with Crippen LogP contribution in [0, 0.1) is 11.3 Å². The third kappa shape index (κ3) is 2.91. The van der Waals surface area contributed by atoms with E-state index in [9.17, 15) is 4.79 Å². The van der Waals surface area contributed by atoms with Gasteiger partial charge in [0.2, 0.25) is 5.91 Å². The summed E-state index contributed by atoms with van der Waals surface area (Å²) in [6.45, 7) is 6.66. The van der Waals surface area contributed by atoms with Crippen LogP contribution in [-0.2, 0) is 4.79 Å². The van der Waals surface area contributed by atoms with Gasteiger partial charge in [-0.25, -0.2) is 0 Å². The smallest absolute Gasteiger partial charge is 0.237 e. The van der Waals surface area contributed by atoms with Crippen molar-refractivity contribution in [2.75, 3.05) is 6.54 Å². The average Bonchev–Trinajstić information content (AvgIpc) is 2.06. The molecule has 0 bridgehead atoms. The largest absolute Gasteiger partial charge is 0.339 e. The molecule has 0 saturated carbocycles. The summed E-state index contributed by atoms with van der Waals surface area (Å²) in [6.07, 6.45) is 0.934. The highest BCUT2D eigenvalue weighted by atomic mass is 16.2. The van der Waals surface area contributed by atoms with Crippen molar-refractivity contribution < 1.29 is 4.79 Å². The number of rotatable bonds is 4. The molecular formula is C9H16N2O. The SMILES string of the molecule is CCC(C)N(CC)C(=O)CC#N. The van der Waals surface area contributed by atoms with Crippen molar-refractivity contribution >= 4 is 5.91 Å². The van der Waals surface area contributed by atoms with Gasteiger partial charge < -0.3 is 4.90 Å². The van der Waals surface area contributed by atoms with E-state index >= 15 is 0 Å². The number of hydrogen-bond donors (Lipinski definition) is 0. The van der Waals surface area contributed by atoms with Crippen LogP contribution in [-0.4, -0.2) is 23.4 Å². The first-order valence-corrected chi connectivity index (χ1v) is 4.33. The van der Waals surface area contributed by atoms with Crippen molar-refractivity contribution in [3.8, 4) is 6.07 Å². The van der Waals surface area contributed by atoms with Crippen molar-refractivity contribution in [3.63, 3.8) is 0 Å². The molecule has 68 valence electrons. The van der Waals surface area contributed by atoms with Crippen molar-refractivity contribution in [2.45, 2.75) is 39.7 Å². The lowest BCUT2D eigenvalue weighted by atomic mass is 10.2. The van der Waals surface area contributed by atoms with E-state index in [0.717, 1.165) is 6.42 Å². The van der Waals surface area contributed by atoms with E-state index in [1.54, 1.807) is 4.90 Å². The molecule has 0 heterocycles. The third-order valence-electron chi connectivity index (χ3n) is 2.01. The summed E-state index contributed by atoms with van der Waals surface area (Å²) < 4.78 is 0. The van der Waals surface area contributed by atoms with E-state index in [1.165, 1.54) is 0 Å². The maximum atomic E-state index is 11.3. The standard InChI is InChI=1S/C9H16N2O/c1-4-8(3)11(5-2)9(12)6-7-10/h8H,4-6H2,1-3H3. The van der Waals surface area contributed by atoms with Gasteiger partial charge in [-0.3, -0.25) is 4.79 Å². The average molecular weight is 168 g/mol. The lowest BCUT2D eigenvalue weighted by Crippen LogP contribution is -2.37. The zero-order chi connectivity index (χ0) is 9.56. The molecule has 3 nitrogen and oxygen atoms in total. The Hall–Kier alpha value is -1.04. The van der Waals surface area contributed by atoms with E-state index in [2.05, 4.69) is 0 Å². The fourth-order valence-corrected chi connectivity index (χ4v) is 1.12. The first kappa shape index (κ1) is 11.0. The highest BCUT2D eigenvalue weighted by Crippen LogP contribution is 2.04. The van der Waals surface area contributed by atoms with Gasteiger partial charge in [0.05, 0.1) is 6.07 Å². The third-order valence-corrected chi connectivity index (χ3v) is 2.01. The normalized spacial score (nSPS) is 11.8. The van der Waals surface area contributed by atoms with E-state index in [-0.39, 0.29) is 18.4 Å².